The van der Waals surface area contributed by atoms with Crippen LogP contribution in [-0.4, -0.2) is 71.5 Å². The van der Waals surface area contributed by atoms with Gasteiger partial charge in [-0.15, -0.1) is 10.2 Å². The van der Waals surface area contributed by atoms with Crippen molar-refractivity contribution in [1.29, 1.82) is 0 Å². The third-order valence-electron chi connectivity index (χ3n) is 5.75. The minimum Gasteiger partial charge on any atom is -0.481 e. The minimum absolute atomic E-state index is 0.179. The zero-order chi connectivity index (χ0) is 25.0. The molecule has 3 aromatic rings. The number of nitrogen functional groups attached to an aromatic ring is 1. The molecule has 1 aromatic carbocycles. The Kier molecular flexibility index (Phi) is 7.16. The maximum Gasteiger partial charge on any atom is 0.320 e. The molecule has 0 aliphatic carbocycles. The van der Waals surface area contributed by atoms with Crippen molar-refractivity contribution in [3.05, 3.63) is 48.7 Å². The number of rotatable bonds is 6. The van der Waals surface area contributed by atoms with E-state index < -0.39 is 5.60 Å². The van der Waals surface area contributed by atoms with Crippen molar-refractivity contribution in [2.45, 2.75) is 26.4 Å². The first-order chi connectivity index (χ1) is 16.7. The second-order valence-electron chi connectivity index (χ2n) is 9.49. The molecule has 0 radical (unpaired) electrons. The SMILES string of the molecule is COc1ncccc1-c1cc(-c2ccc(N3CCN(CC(=O)OC(C)(C)C)CC3)cc2)c(N)nn1. The largest absolute Gasteiger partial charge is 0.481 e. The average molecular weight is 477 g/mol. The summed E-state index contributed by atoms with van der Waals surface area (Å²) >= 11 is 0. The number of nitrogens with two attached hydrogens (primary N) is 1. The molecular formula is C26H32N6O3. The number of ether oxygens (including phenoxy) is 2. The van der Waals surface area contributed by atoms with Gasteiger partial charge in [-0.3, -0.25) is 9.69 Å². The summed E-state index contributed by atoms with van der Waals surface area (Å²) in [6.45, 7) is 9.27. The topological polar surface area (TPSA) is 107 Å². The van der Waals surface area contributed by atoms with Crippen molar-refractivity contribution >= 4 is 17.5 Å². The van der Waals surface area contributed by atoms with E-state index in [1.54, 1.807) is 13.3 Å². The number of carbonyl (C=O) groups excluding carboxylic acids is 1. The molecule has 2 aromatic heterocycles. The Labute approximate surface area is 205 Å². The van der Waals surface area contributed by atoms with Crippen molar-refractivity contribution in [2.24, 2.45) is 0 Å². The van der Waals surface area contributed by atoms with E-state index in [4.69, 9.17) is 15.2 Å². The molecule has 184 valence electrons. The third kappa shape index (κ3) is 6.05. The Morgan fingerprint density at radius 3 is 2.40 bits per heavy atom. The molecule has 0 spiro atoms. The number of pyridine rings is 1. The molecule has 1 aliphatic heterocycles. The van der Waals surface area contributed by atoms with Gasteiger partial charge in [-0.2, -0.15) is 0 Å². The molecule has 9 heteroatoms. The summed E-state index contributed by atoms with van der Waals surface area (Å²) in [5.74, 6) is 0.668. The maximum atomic E-state index is 12.1. The van der Waals surface area contributed by atoms with Crippen LogP contribution in [0.25, 0.3) is 22.4 Å². The Hall–Kier alpha value is -3.72. The fourth-order valence-corrected chi connectivity index (χ4v) is 4.08. The van der Waals surface area contributed by atoms with Crippen molar-refractivity contribution in [1.82, 2.24) is 20.1 Å². The Morgan fingerprint density at radius 2 is 1.74 bits per heavy atom. The van der Waals surface area contributed by atoms with Crippen LogP contribution in [0, 0.1) is 0 Å². The summed E-state index contributed by atoms with van der Waals surface area (Å²) < 4.78 is 10.8. The van der Waals surface area contributed by atoms with Gasteiger partial charge >= 0.3 is 5.97 Å². The van der Waals surface area contributed by atoms with Crippen molar-refractivity contribution in [3.63, 3.8) is 0 Å². The van der Waals surface area contributed by atoms with Crippen LogP contribution in [0.5, 0.6) is 5.88 Å². The lowest BCUT2D eigenvalue weighted by Crippen LogP contribution is -2.48. The fraction of sp³-hybridized carbons (Fsp3) is 0.385. The predicted octanol–water partition coefficient (Wildman–Crippen LogP) is 3.26. The minimum atomic E-state index is -0.459. The zero-order valence-corrected chi connectivity index (χ0v) is 20.7. The van der Waals surface area contributed by atoms with Crippen LogP contribution in [0.1, 0.15) is 20.8 Å². The first kappa shape index (κ1) is 24.4. The second kappa shape index (κ2) is 10.3. The van der Waals surface area contributed by atoms with Crippen molar-refractivity contribution in [3.8, 4) is 28.3 Å². The van der Waals surface area contributed by atoms with E-state index in [2.05, 4.69) is 37.1 Å². The van der Waals surface area contributed by atoms with Crippen LogP contribution in [0.15, 0.2) is 48.7 Å². The van der Waals surface area contributed by atoms with Crippen molar-refractivity contribution in [2.75, 3.05) is 50.5 Å². The van der Waals surface area contributed by atoms with Crippen LogP contribution in [0.4, 0.5) is 11.5 Å². The van der Waals surface area contributed by atoms with E-state index in [0.717, 1.165) is 48.6 Å². The summed E-state index contributed by atoms with van der Waals surface area (Å²) in [7, 11) is 1.58. The van der Waals surface area contributed by atoms with Gasteiger partial charge in [0.15, 0.2) is 5.82 Å². The van der Waals surface area contributed by atoms with Crippen LogP contribution < -0.4 is 15.4 Å². The molecule has 1 fully saturated rings. The van der Waals surface area contributed by atoms with Crippen LogP contribution in [0.2, 0.25) is 0 Å². The quantitative estimate of drug-likeness (QED) is 0.537. The molecule has 0 atom stereocenters. The Bertz CT molecular complexity index is 1170. The number of hydrogen-bond donors (Lipinski definition) is 1. The fourth-order valence-electron chi connectivity index (χ4n) is 4.08. The van der Waals surface area contributed by atoms with Crippen LogP contribution >= 0.6 is 0 Å². The van der Waals surface area contributed by atoms with Gasteiger partial charge in [0, 0.05) is 43.6 Å². The van der Waals surface area contributed by atoms with Gasteiger partial charge in [0.05, 0.1) is 24.9 Å². The molecule has 1 saturated heterocycles. The highest BCUT2D eigenvalue weighted by atomic mass is 16.6. The number of hydrogen-bond acceptors (Lipinski definition) is 9. The summed E-state index contributed by atoms with van der Waals surface area (Å²) in [5.41, 5.74) is 9.99. The molecule has 0 saturated carbocycles. The molecule has 0 amide bonds. The van der Waals surface area contributed by atoms with Gasteiger partial charge in [0.25, 0.3) is 0 Å². The standard InChI is InChI=1S/C26H32N6O3/c1-26(2,3)35-23(33)17-31-12-14-32(15-13-31)19-9-7-18(8-10-19)21-16-22(29-30-24(21)27)20-6-5-11-28-25(20)34-4/h5-11,16H,12-15,17H2,1-4H3,(H2,27,30). The number of esters is 1. The predicted molar refractivity (Wildman–Crippen MR) is 136 cm³/mol. The summed E-state index contributed by atoms with van der Waals surface area (Å²) in [5, 5.41) is 8.40. The van der Waals surface area contributed by atoms with Gasteiger partial charge in [-0.25, -0.2) is 4.98 Å². The molecule has 3 heterocycles. The lowest BCUT2D eigenvalue weighted by molar-refractivity contribution is -0.156. The molecule has 2 N–H and O–H groups in total. The third-order valence-corrected chi connectivity index (χ3v) is 5.75. The van der Waals surface area contributed by atoms with Gasteiger partial charge in [0.1, 0.15) is 5.60 Å². The summed E-state index contributed by atoms with van der Waals surface area (Å²) in [6.07, 6.45) is 1.67. The first-order valence-corrected chi connectivity index (χ1v) is 11.7. The monoisotopic (exact) mass is 476 g/mol. The number of benzene rings is 1. The molecule has 0 bridgehead atoms. The number of piperazine rings is 1. The summed E-state index contributed by atoms with van der Waals surface area (Å²) in [6, 6.07) is 13.9. The van der Waals surface area contributed by atoms with Gasteiger partial charge < -0.3 is 20.1 Å². The lowest BCUT2D eigenvalue weighted by atomic mass is 10.0. The molecule has 1 aliphatic rings. The second-order valence-corrected chi connectivity index (χ2v) is 9.49. The van der Waals surface area contributed by atoms with E-state index in [1.165, 1.54) is 0 Å². The molecule has 0 unspecified atom stereocenters. The Balaban J connectivity index is 1.43. The maximum absolute atomic E-state index is 12.1. The number of nitrogens with zero attached hydrogens (tertiary/aromatic N) is 5. The zero-order valence-electron chi connectivity index (χ0n) is 20.7. The van der Waals surface area contributed by atoms with E-state index in [9.17, 15) is 4.79 Å². The highest BCUT2D eigenvalue weighted by Crippen LogP contribution is 2.32. The smallest absolute Gasteiger partial charge is 0.320 e. The number of anilines is 2. The molecular weight excluding hydrogens is 444 g/mol. The van der Waals surface area contributed by atoms with Gasteiger partial charge in [0.2, 0.25) is 5.88 Å². The summed E-state index contributed by atoms with van der Waals surface area (Å²) in [4.78, 5) is 20.8. The van der Waals surface area contributed by atoms with E-state index in [1.807, 2.05) is 51.1 Å². The van der Waals surface area contributed by atoms with E-state index in [0.29, 0.717) is 23.9 Å². The highest BCUT2D eigenvalue weighted by molar-refractivity contribution is 5.79. The average Bonchev–Trinajstić information content (AvgIpc) is 2.84. The molecule has 35 heavy (non-hydrogen) atoms. The van der Waals surface area contributed by atoms with Crippen molar-refractivity contribution < 1.29 is 14.3 Å². The molecule has 4 rings (SSSR count). The lowest BCUT2D eigenvalue weighted by Gasteiger charge is -2.36. The van der Waals surface area contributed by atoms with Crippen LogP contribution in [0.3, 0.4) is 0 Å². The number of aromatic nitrogens is 3. The number of carbonyl (C=O) groups is 1. The first-order valence-electron chi connectivity index (χ1n) is 11.7. The highest BCUT2D eigenvalue weighted by Gasteiger charge is 2.23. The van der Waals surface area contributed by atoms with Crippen LogP contribution in [-0.2, 0) is 9.53 Å². The normalized spacial score (nSPS) is 14.6. The number of methoxy groups -OCH3 is 1. The molecule has 9 nitrogen and oxygen atoms in total. The van der Waals surface area contributed by atoms with Gasteiger partial charge in [-0.1, -0.05) is 12.1 Å². The van der Waals surface area contributed by atoms with Gasteiger partial charge in [-0.05, 0) is 56.7 Å². The van der Waals surface area contributed by atoms with E-state index in [-0.39, 0.29) is 5.97 Å². The van der Waals surface area contributed by atoms with E-state index >= 15 is 0 Å². The Morgan fingerprint density at radius 1 is 1.03 bits per heavy atom.